The summed E-state index contributed by atoms with van der Waals surface area (Å²) in [4.78, 5) is 22.2. The van der Waals surface area contributed by atoms with Crippen molar-refractivity contribution in [2.45, 2.75) is 24.5 Å². The summed E-state index contributed by atoms with van der Waals surface area (Å²) in [5, 5.41) is 9.19. The summed E-state index contributed by atoms with van der Waals surface area (Å²) in [5.41, 5.74) is 0.485. The Labute approximate surface area is 150 Å². The predicted octanol–water partition coefficient (Wildman–Crippen LogP) is 1.34. The SMILES string of the molecule is CC(NS(=O)(=O)c1cccc(COC=O)c1)C(=O)Oc1ccc(O)cc1. The van der Waals surface area contributed by atoms with Gasteiger partial charge in [0.1, 0.15) is 24.1 Å². The minimum Gasteiger partial charge on any atom is -0.508 e. The van der Waals surface area contributed by atoms with Crippen molar-refractivity contribution in [1.82, 2.24) is 4.72 Å². The number of esters is 1. The van der Waals surface area contributed by atoms with Gasteiger partial charge in [0.15, 0.2) is 0 Å². The van der Waals surface area contributed by atoms with E-state index in [2.05, 4.69) is 9.46 Å². The number of hydrogen-bond donors (Lipinski definition) is 2. The number of nitrogens with one attached hydrogen (secondary N) is 1. The molecule has 1 unspecified atom stereocenters. The molecule has 0 saturated heterocycles. The number of rotatable bonds is 8. The molecule has 0 fully saturated rings. The van der Waals surface area contributed by atoms with Gasteiger partial charge in [0, 0.05) is 0 Å². The highest BCUT2D eigenvalue weighted by Crippen LogP contribution is 2.17. The van der Waals surface area contributed by atoms with Crippen LogP contribution in [-0.4, -0.2) is 32.0 Å². The molecule has 0 saturated carbocycles. The van der Waals surface area contributed by atoms with E-state index in [9.17, 15) is 23.1 Å². The lowest BCUT2D eigenvalue weighted by Gasteiger charge is -2.14. The van der Waals surface area contributed by atoms with Gasteiger partial charge in [-0.05, 0) is 48.9 Å². The average molecular weight is 379 g/mol. The summed E-state index contributed by atoms with van der Waals surface area (Å²) in [5.74, 6) is -0.622. The van der Waals surface area contributed by atoms with Crippen LogP contribution in [0.3, 0.4) is 0 Å². The third-order valence-corrected chi connectivity index (χ3v) is 4.81. The van der Waals surface area contributed by atoms with Gasteiger partial charge in [-0.3, -0.25) is 4.79 Å². The highest BCUT2D eigenvalue weighted by molar-refractivity contribution is 7.89. The minimum absolute atomic E-state index is 0.0111. The Bertz CT molecular complexity index is 878. The van der Waals surface area contributed by atoms with Crippen LogP contribution in [0.2, 0.25) is 0 Å². The molecule has 0 aromatic heterocycles. The standard InChI is InChI=1S/C17H17NO7S/c1-12(17(21)25-15-7-5-14(20)6-8-15)18-26(22,23)16-4-2-3-13(9-16)10-24-11-19/h2-9,11-12,18,20H,10H2,1H3. The molecule has 26 heavy (non-hydrogen) atoms. The second-order valence-corrected chi connectivity index (χ2v) is 7.03. The fourth-order valence-electron chi connectivity index (χ4n) is 2.00. The van der Waals surface area contributed by atoms with Crippen molar-refractivity contribution in [3.8, 4) is 11.5 Å². The zero-order valence-electron chi connectivity index (χ0n) is 13.8. The quantitative estimate of drug-likeness (QED) is 0.403. The van der Waals surface area contributed by atoms with Crippen LogP contribution in [0.5, 0.6) is 11.5 Å². The third kappa shape index (κ3) is 5.30. The van der Waals surface area contributed by atoms with Crippen LogP contribution in [0.15, 0.2) is 53.4 Å². The Morgan fingerprint density at radius 1 is 1.23 bits per heavy atom. The van der Waals surface area contributed by atoms with Gasteiger partial charge in [-0.1, -0.05) is 12.1 Å². The molecule has 2 N–H and O–H groups in total. The van der Waals surface area contributed by atoms with Crippen molar-refractivity contribution in [1.29, 1.82) is 0 Å². The monoisotopic (exact) mass is 379 g/mol. The number of sulfonamides is 1. The maximum Gasteiger partial charge on any atom is 0.329 e. The summed E-state index contributed by atoms with van der Waals surface area (Å²) < 4.78 is 36.7. The molecule has 0 aliphatic carbocycles. The normalized spacial score (nSPS) is 12.2. The number of aromatic hydroxyl groups is 1. The highest BCUT2D eigenvalue weighted by Gasteiger charge is 2.23. The molecule has 0 amide bonds. The van der Waals surface area contributed by atoms with E-state index in [1.54, 1.807) is 6.07 Å². The van der Waals surface area contributed by atoms with Crippen molar-refractivity contribution in [2.75, 3.05) is 0 Å². The van der Waals surface area contributed by atoms with E-state index in [0.717, 1.165) is 0 Å². The largest absolute Gasteiger partial charge is 0.508 e. The smallest absolute Gasteiger partial charge is 0.329 e. The first-order chi connectivity index (χ1) is 12.3. The van der Waals surface area contributed by atoms with Crippen molar-refractivity contribution < 1.29 is 32.6 Å². The molecule has 0 bridgehead atoms. The van der Waals surface area contributed by atoms with Crippen LogP contribution >= 0.6 is 0 Å². The van der Waals surface area contributed by atoms with Gasteiger partial charge in [0.05, 0.1) is 4.90 Å². The molecule has 1 atom stereocenters. The minimum atomic E-state index is -3.99. The summed E-state index contributed by atoms with van der Waals surface area (Å²) in [6.45, 7) is 1.55. The predicted molar refractivity (Wildman–Crippen MR) is 90.8 cm³/mol. The molecule has 2 aromatic carbocycles. The van der Waals surface area contributed by atoms with Gasteiger partial charge in [-0.15, -0.1) is 0 Å². The molecule has 8 nitrogen and oxygen atoms in total. The Hall–Kier alpha value is -2.91. The fourth-order valence-corrected chi connectivity index (χ4v) is 3.26. The molecule has 0 aliphatic rings. The van der Waals surface area contributed by atoms with Gasteiger partial charge >= 0.3 is 5.97 Å². The number of carbonyl (C=O) groups is 2. The maximum atomic E-state index is 12.4. The summed E-state index contributed by atoms with van der Waals surface area (Å²) in [7, 11) is -3.99. The van der Waals surface area contributed by atoms with E-state index in [0.29, 0.717) is 5.56 Å². The Kier molecular flexibility index (Phi) is 6.31. The Morgan fingerprint density at radius 3 is 2.58 bits per heavy atom. The molecule has 0 spiro atoms. The Morgan fingerprint density at radius 2 is 1.92 bits per heavy atom. The number of phenols is 1. The van der Waals surface area contributed by atoms with Gasteiger partial charge < -0.3 is 14.6 Å². The van der Waals surface area contributed by atoms with Crippen LogP contribution < -0.4 is 9.46 Å². The van der Waals surface area contributed by atoms with Crippen LogP contribution in [0, 0.1) is 0 Å². The van der Waals surface area contributed by atoms with E-state index in [1.165, 1.54) is 49.4 Å². The molecule has 0 heterocycles. The van der Waals surface area contributed by atoms with Gasteiger partial charge in [-0.25, -0.2) is 13.2 Å². The molecule has 2 aromatic rings. The number of ether oxygens (including phenoxy) is 2. The highest BCUT2D eigenvalue weighted by atomic mass is 32.2. The van der Waals surface area contributed by atoms with Crippen molar-refractivity contribution in [3.05, 3.63) is 54.1 Å². The molecule has 0 aliphatic heterocycles. The first-order valence-electron chi connectivity index (χ1n) is 7.49. The van der Waals surface area contributed by atoms with Gasteiger partial charge in [-0.2, -0.15) is 4.72 Å². The Balaban J connectivity index is 2.06. The van der Waals surface area contributed by atoms with Crippen molar-refractivity contribution >= 4 is 22.5 Å². The van der Waals surface area contributed by atoms with Crippen molar-refractivity contribution in [3.63, 3.8) is 0 Å². The van der Waals surface area contributed by atoms with E-state index < -0.39 is 22.0 Å². The molecule has 9 heteroatoms. The summed E-state index contributed by atoms with van der Waals surface area (Å²) in [6.07, 6.45) is 0. The summed E-state index contributed by atoms with van der Waals surface area (Å²) in [6, 6.07) is 10.1. The lowest BCUT2D eigenvalue weighted by atomic mass is 10.2. The topological polar surface area (TPSA) is 119 Å². The average Bonchev–Trinajstić information content (AvgIpc) is 2.61. The number of phenolic OH excluding ortho intramolecular Hbond substituents is 1. The zero-order chi connectivity index (χ0) is 19.2. The van der Waals surface area contributed by atoms with Gasteiger partial charge in [0.25, 0.3) is 6.47 Å². The number of hydrogen-bond acceptors (Lipinski definition) is 7. The molecule has 138 valence electrons. The van der Waals surface area contributed by atoms with E-state index in [1.807, 2.05) is 0 Å². The lowest BCUT2D eigenvalue weighted by Crippen LogP contribution is -2.40. The van der Waals surface area contributed by atoms with E-state index >= 15 is 0 Å². The van der Waals surface area contributed by atoms with Crippen LogP contribution in [0.4, 0.5) is 0 Å². The first-order valence-corrected chi connectivity index (χ1v) is 8.97. The zero-order valence-corrected chi connectivity index (χ0v) is 14.6. The van der Waals surface area contributed by atoms with E-state index in [-0.39, 0.29) is 29.5 Å². The van der Waals surface area contributed by atoms with Crippen LogP contribution in [0.1, 0.15) is 12.5 Å². The summed E-state index contributed by atoms with van der Waals surface area (Å²) >= 11 is 0. The van der Waals surface area contributed by atoms with Crippen LogP contribution in [0.25, 0.3) is 0 Å². The van der Waals surface area contributed by atoms with Crippen LogP contribution in [-0.2, 0) is 31.0 Å². The van der Waals surface area contributed by atoms with Gasteiger partial charge in [0.2, 0.25) is 10.0 Å². The lowest BCUT2D eigenvalue weighted by molar-refractivity contribution is -0.135. The molecule has 2 rings (SSSR count). The molecule has 0 radical (unpaired) electrons. The number of carbonyl (C=O) groups excluding carboxylic acids is 2. The third-order valence-electron chi connectivity index (χ3n) is 3.27. The maximum absolute atomic E-state index is 12.4. The second kappa shape index (κ2) is 8.45. The number of benzene rings is 2. The molecular formula is C17H17NO7S. The van der Waals surface area contributed by atoms with Crippen molar-refractivity contribution in [2.24, 2.45) is 0 Å². The molecular weight excluding hydrogens is 362 g/mol. The fraction of sp³-hybridized carbons (Fsp3) is 0.176. The second-order valence-electron chi connectivity index (χ2n) is 5.31. The van der Waals surface area contributed by atoms with E-state index in [4.69, 9.17) is 4.74 Å². The first kappa shape index (κ1) is 19.4.